The molecular weight excluding hydrogens is 169 g/mol. The van der Waals surface area contributed by atoms with Crippen LogP contribution in [0.1, 0.15) is 0 Å². The monoisotopic (exact) mass is 182 g/mol. The zero-order valence-corrected chi connectivity index (χ0v) is 8.00. The maximum atomic E-state index is 12.2. The maximum Gasteiger partial charge on any atom is 0.392 e. The molecule has 0 N–H and O–H groups in total. The van der Waals surface area contributed by atoms with Gasteiger partial charge in [-0.3, -0.25) is 0 Å². The van der Waals surface area contributed by atoms with Gasteiger partial charge in [0.2, 0.25) is 0 Å². The van der Waals surface area contributed by atoms with Crippen molar-refractivity contribution in [2.45, 2.75) is 31.4 Å². The van der Waals surface area contributed by atoms with Gasteiger partial charge in [0, 0.05) is 0 Å². The molecule has 0 aromatic rings. The van der Waals surface area contributed by atoms with Crippen LogP contribution in [0.2, 0.25) is 25.2 Å². The fraction of sp³-hybridized carbons (Fsp3) is 0.714. The molecule has 0 rings (SSSR count). The summed E-state index contributed by atoms with van der Waals surface area (Å²) in [7, 11) is -2.17. The van der Waals surface area contributed by atoms with E-state index in [0.29, 0.717) is 0 Å². The molecule has 1 atom stereocenters. The second-order valence-electron chi connectivity index (χ2n) is 3.62. The quantitative estimate of drug-likeness (QED) is 0.453. The van der Waals surface area contributed by atoms with Crippen molar-refractivity contribution in [3.8, 4) is 0 Å². The molecule has 0 aromatic carbocycles. The smallest absolute Gasteiger partial charge is 0.171 e. The average Bonchev–Trinajstić information content (AvgIpc) is 1.56. The first-order chi connectivity index (χ1) is 4.69. The number of alkyl halides is 3. The van der Waals surface area contributed by atoms with Gasteiger partial charge in [0.1, 0.15) is 0 Å². The minimum absolute atomic E-state index is 1.02. The third-order valence-corrected chi connectivity index (χ3v) is 3.95. The van der Waals surface area contributed by atoms with Crippen LogP contribution in [0.25, 0.3) is 0 Å². The Balaban J connectivity index is 4.56. The summed E-state index contributed by atoms with van der Waals surface area (Å²) in [6, 6.07) is 0. The van der Waals surface area contributed by atoms with Crippen LogP contribution in [0.3, 0.4) is 0 Å². The predicted octanol–water partition coefficient (Wildman–Crippen LogP) is 3.44. The minimum atomic E-state index is -4.10. The lowest BCUT2D eigenvalue weighted by molar-refractivity contribution is -0.125. The highest BCUT2D eigenvalue weighted by Crippen LogP contribution is 2.39. The molecule has 0 fully saturated rings. The van der Waals surface area contributed by atoms with E-state index >= 15 is 0 Å². The number of hydrogen-bond donors (Lipinski definition) is 0. The SMILES string of the molecule is C=CC(C(F)(F)F)[Si](C)(C)C. The summed E-state index contributed by atoms with van der Waals surface area (Å²) in [4.78, 5) is 0. The largest absolute Gasteiger partial charge is 0.392 e. The normalized spacial score (nSPS) is 16.2. The maximum absolute atomic E-state index is 12.2. The highest BCUT2D eigenvalue weighted by molar-refractivity contribution is 6.78. The third-order valence-electron chi connectivity index (χ3n) is 1.52. The Bertz CT molecular complexity index is 129. The van der Waals surface area contributed by atoms with Crippen LogP contribution < -0.4 is 0 Å². The van der Waals surface area contributed by atoms with E-state index in [-0.39, 0.29) is 0 Å². The summed E-state index contributed by atoms with van der Waals surface area (Å²) in [6.07, 6.45) is -3.08. The molecule has 0 heterocycles. The summed E-state index contributed by atoms with van der Waals surface area (Å²) < 4.78 is 36.5. The van der Waals surface area contributed by atoms with Crippen molar-refractivity contribution in [1.82, 2.24) is 0 Å². The van der Waals surface area contributed by atoms with Crippen LogP contribution in [0.5, 0.6) is 0 Å². The Morgan fingerprint density at radius 3 is 1.64 bits per heavy atom. The molecule has 0 aliphatic carbocycles. The first-order valence-corrected chi connectivity index (χ1v) is 6.96. The van der Waals surface area contributed by atoms with Gasteiger partial charge >= 0.3 is 6.18 Å². The molecule has 66 valence electrons. The molecule has 0 bridgehead atoms. The van der Waals surface area contributed by atoms with Crippen LogP contribution in [0.15, 0.2) is 12.7 Å². The predicted molar refractivity (Wildman–Crippen MR) is 43.3 cm³/mol. The summed E-state index contributed by atoms with van der Waals surface area (Å²) in [5.74, 6) is 0. The zero-order valence-electron chi connectivity index (χ0n) is 7.00. The summed E-state index contributed by atoms with van der Waals surface area (Å²) in [5.41, 5.74) is -1.28. The fourth-order valence-corrected chi connectivity index (χ4v) is 2.67. The standard InChI is InChI=1S/C7H13F3Si/c1-5-6(7(8,9)10)11(2,3)4/h5-6H,1H2,2-4H3. The van der Waals surface area contributed by atoms with E-state index in [4.69, 9.17) is 0 Å². The first-order valence-electron chi connectivity index (χ1n) is 3.39. The van der Waals surface area contributed by atoms with Gasteiger partial charge in [-0.25, -0.2) is 0 Å². The summed E-state index contributed by atoms with van der Waals surface area (Å²) >= 11 is 0. The summed E-state index contributed by atoms with van der Waals surface area (Å²) in [5, 5.41) is 0. The molecule has 0 aliphatic rings. The van der Waals surface area contributed by atoms with E-state index in [2.05, 4.69) is 6.58 Å². The highest BCUT2D eigenvalue weighted by atomic mass is 28.3. The lowest BCUT2D eigenvalue weighted by atomic mass is 10.4. The molecule has 1 unspecified atom stereocenters. The van der Waals surface area contributed by atoms with E-state index in [0.717, 1.165) is 6.08 Å². The highest BCUT2D eigenvalue weighted by Gasteiger charge is 2.45. The van der Waals surface area contributed by atoms with Crippen molar-refractivity contribution in [3.05, 3.63) is 12.7 Å². The number of allylic oxidation sites excluding steroid dienone is 1. The zero-order chi connectivity index (χ0) is 9.28. The lowest BCUT2D eigenvalue weighted by Gasteiger charge is -2.27. The van der Waals surface area contributed by atoms with Crippen LogP contribution in [-0.4, -0.2) is 14.3 Å². The molecule has 0 spiro atoms. The second kappa shape index (κ2) is 3.01. The van der Waals surface area contributed by atoms with Gasteiger partial charge in [-0.2, -0.15) is 13.2 Å². The number of rotatable bonds is 2. The van der Waals surface area contributed by atoms with Gasteiger partial charge < -0.3 is 0 Å². The number of hydrogen-bond acceptors (Lipinski definition) is 0. The third kappa shape index (κ3) is 3.10. The van der Waals surface area contributed by atoms with Crippen LogP contribution >= 0.6 is 0 Å². The molecule has 0 nitrogen and oxygen atoms in total. The molecule has 0 saturated carbocycles. The van der Waals surface area contributed by atoms with Crippen molar-refractivity contribution >= 4 is 8.07 Å². The Hall–Kier alpha value is -0.253. The molecule has 0 aliphatic heterocycles. The Labute approximate surface area is 66.1 Å². The lowest BCUT2D eigenvalue weighted by Crippen LogP contribution is -2.36. The molecule has 0 saturated heterocycles. The van der Waals surface area contributed by atoms with E-state index in [1.165, 1.54) is 0 Å². The topological polar surface area (TPSA) is 0 Å². The van der Waals surface area contributed by atoms with Crippen LogP contribution in [0.4, 0.5) is 13.2 Å². The molecular formula is C7H13F3Si. The fourth-order valence-electron chi connectivity index (χ4n) is 0.978. The van der Waals surface area contributed by atoms with Gasteiger partial charge in [-0.05, 0) is 0 Å². The van der Waals surface area contributed by atoms with Gasteiger partial charge in [0.25, 0.3) is 0 Å². The van der Waals surface area contributed by atoms with E-state index in [1.807, 2.05) is 0 Å². The Morgan fingerprint density at radius 1 is 1.27 bits per heavy atom. The van der Waals surface area contributed by atoms with Crippen molar-refractivity contribution < 1.29 is 13.2 Å². The van der Waals surface area contributed by atoms with Gasteiger partial charge in [-0.15, -0.1) is 6.58 Å². The van der Waals surface area contributed by atoms with Crippen molar-refractivity contribution in [2.24, 2.45) is 0 Å². The molecule has 0 amide bonds. The van der Waals surface area contributed by atoms with Crippen LogP contribution in [0, 0.1) is 0 Å². The van der Waals surface area contributed by atoms with Crippen molar-refractivity contribution in [3.63, 3.8) is 0 Å². The molecule has 0 radical (unpaired) electrons. The Kier molecular flexibility index (Phi) is 2.94. The molecule has 0 aromatic heterocycles. The number of halogens is 3. The van der Waals surface area contributed by atoms with E-state index in [1.54, 1.807) is 19.6 Å². The average molecular weight is 182 g/mol. The first kappa shape index (κ1) is 10.7. The van der Waals surface area contributed by atoms with E-state index < -0.39 is 19.8 Å². The minimum Gasteiger partial charge on any atom is -0.171 e. The van der Waals surface area contributed by atoms with Crippen molar-refractivity contribution in [2.75, 3.05) is 0 Å². The van der Waals surface area contributed by atoms with E-state index in [9.17, 15) is 13.2 Å². The second-order valence-corrected chi connectivity index (χ2v) is 8.98. The van der Waals surface area contributed by atoms with Gasteiger partial charge in [0.15, 0.2) is 0 Å². The van der Waals surface area contributed by atoms with Gasteiger partial charge in [-0.1, -0.05) is 25.7 Å². The van der Waals surface area contributed by atoms with Gasteiger partial charge in [0.05, 0.1) is 13.6 Å². The van der Waals surface area contributed by atoms with Crippen molar-refractivity contribution in [1.29, 1.82) is 0 Å². The summed E-state index contributed by atoms with van der Waals surface area (Å²) in [6.45, 7) is 8.27. The Morgan fingerprint density at radius 2 is 1.64 bits per heavy atom. The van der Waals surface area contributed by atoms with Crippen LogP contribution in [-0.2, 0) is 0 Å². The molecule has 11 heavy (non-hydrogen) atoms. The molecule has 4 heteroatoms.